The number of nitrogens with one attached hydrogen (secondary N) is 1. The number of H-pyrrole nitrogens is 1. The van der Waals surface area contributed by atoms with E-state index in [1.165, 1.54) is 61.7 Å². The van der Waals surface area contributed by atoms with Crippen molar-refractivity contribution in [2.75, 3.05) is 20.2 Å². The fraction of sp³-hybridized carbons (Fsp3) is 0.556. The molecule has 21 heavy (non-hydrogen) atoms. The number of ether oxygens (including phenoxy) is 1. The SMILES string of the molecule is COc1ccc2[nH]cc(C3CCCN4CCCCC34)c2c1. The molecule has 2 fully saturated rings. The number of hydrogen-bond donors (Lipinski definition) is 1. The number of methoxy groups -OCH3 is 1. The van der Waals surface area contributed by atoms with E-state index in [4.69, 9.17) is 4.74 Å². The molecule has 2 aliphatic rings. The standard InChI is InChI=1S/C18H24N2O/c1-21-13-7-8-17-15(11-13)16(12-19-17)14-5-4-10-20-9-3-2-6-18(14)20/h7-8,11-12,14,18-19H,2-6,9-10H2,1H3. The Morgan fingerprint density at radius 3 is 2.95 bits per heavy atom. The molecule has 2 aliphatic heterocycles. The van der Waals surface area contributed by atoms with Crippen molar-refractivity contribution in [2.45, 2.75) is 44.1 Å². The first kappa shape index (κ1) is 13.2. The lowest BCUT2D eigenvalue weighted by Crippen LogP contribution is -2.46. The van der Waals surface area contributed by atoms with Crippen LogP contribution in [0.15, 0.2) is 24.4 Å². The average Bonchev–Trinajstić information content (AvgIpc) is 2.97. The molecule has 0 radical (unpaired) electrons. The number of benzene rings is 1. The molecular formula is C18H24N2O. The summed E-state index contributed by atoms with van der Waals surface area (Å²) in [5.74, 6) is 1.64. The van der Waals surface area contributed by atoms with Gasteiger partial charge in [-0.3, -0.25) is 4.90 Å². The highest BCUT2D eigenvalue weighted by atomic mass is 16.5. The second-order valence-electron chi connectivity index (χ2n) is 6.50. The Labute approximate surface area is 126 Å². The Bertz CT molecular complexity index is 631. The molecule has 1 aromatic heterocycles. The van der Waals surface area contributed by atoms with E-state index in [2.05, 4.69) is 28.2 Å². The second kappa shape index (κ2) is 5.38. The number of aromatic amines is 1. The quantitative estimate of drug-likeness (QED) is 0.905. The lowest BCUT2D eigenvalue weighted by Gasteiger charge is -2.44. The van der Waals surface area contributed by atoms with E-state index in [1.54, 1.807) is 7.11 Å². The summed E-state index contributed by atoms with van der Waals surface area (Å²) in [6.07, 6.45) is 9.03. The van der Waals surface area contributed by atoms with Crippen molar-refractivity contribution in [3.63, 3.8) is 0 Å². The van der Waals surface area contributed by atoms with Crippen molar-refractivity contribution in [3.05, 3.63) is 30.0 Å². The molecule has 2 saturated heterocycles. The van der Waals surface area contributed by atoms with E-state index >= 15 is 0 Å². The number of fused-ring (bicyclic) bond motifs is 2. The molecule has 1 aromatic carbocycles. The van der Waals surface area contributed by atoms with Crippen LogP contribution < -0.4 is 4.74 Å². The topological polar surface area (TPSA) is 28.3 Å². The van der Waals surface area contributed by atoms with E-state index in [9.17, 15) is 0 Å². The minimum atomic E-state index is 0.680. The molecule has 3 nitrogen and oxygen atoms in total. The molecule has 2 unspecified atom stereocenters. The first-order valence-electron chi connectivity index (χ1n) is 8.26. The van der Waals surface area contributed by atoms with Crippen LogP contribution in [-0.2, 0) is 0 Å². The van der Waals surface area contributed by atoms with Gasteiger partial charge in [0.2, 0.25) is 0 Å². The molecule has 112 valence electrons. The molecule has 0 bridgehead atoms. The average molecular weight is 284 g/mol. The van der Waals surface area contributed by atoms with Crippen molar-refractivity contribution >= 4 is 10.9 Å². The van der Waals surface area contributed by atoms with Crippen molar-refractivity contribution in [1.82, 2.24) is 9.88 Å². The van der Waals surface area contributed by atoms with E-state index in [-0.39, 0.29) is 0 Å². The van der Waals surface area contributed by atoms with Gasteiger partial charge >= 0.3 is 0 Å². The molecule has 0 saturated carbocycles. The van der Waals surface area contributed by atoms with Gasteiger partial charge in [0.1, 0.15) is 5.75 Å². The van der Waals surface area contributed by atoms with E-state index in [0.717, 1.165) is 11.8 Å². The summed E-state index contributed by atoms with van der Waals surface area (Å²) in [6, 6.07) is 7.12. The van der Waals surface area contributed by atoms with E-state index in [1.807, 2.05) is 6.07 Å². The number of nitrogens with zero attached hydrogens (tertiary/aromatic N) is 1. The minimum Gasteiger partial charge on any atom is -0.497 e. The molecule has 0 amide bonds. The fourth-order valence-corrected chi connectivity index (χ4v) is 4.37. The summed E-state index contributed by atoms with van der Waals surface area (Å²) in [6.45, 7) is 2.60. The lowest BCUT2D eigenvalue weighted by atomic mass is 9.79. The van der Waals surface area contributed by atoms with Gasteiger partial charge in [0.05, 0.1) is 7.11 Å². The van der Waals surface area contributed by atoms with Gasteiger partial charge < -0.3 is 9.72 Å². The predicted molar refractivity (Wildman–Crippen MR) is 86.0 cm³/mol. The maximum Gasteiger partial charge on any atom is 0.119 e. The van der Waals surface area contributed by atoms with Crippen LogP contribution in [0.25, 0.3) is 10.9 Å². The Kier molecular flexibility index (Phi) is 3.38. The summed E-state index contributed by atoms with van der Waals surface area (Å²) in [4.78, 5) is 6.19. The van der Waals surface area contributed by atoms with Gasteiger partial charge in [-0.2, -0.15) is 0 Å². The molecule has 3 heteroatoms. The number of aromatic nitrogens is 1. The van der Waals surface area contributed by atoms with Crippen LogP contribution in [0.4, 0.5) is 0 Å². The van der Waals surface area contributed by atoms with Gasteiger partial charge in [0.15, 0.2) is 0 Å². The third-order valence-corrected chi connectivity index (χ3v) is 5.41. The third-order valence-electron chi connectivity index (χ3n) is 5.41. The Morgan fingerprint density at radius 2 is 2.05 bits per heavy atom. The fourth-order valence-electron chi connectivity index (χ4n) is 4.37. The van der Waals surface area contributed by atoms with Crippen molar-refractivity contribution in [1.29, 1.82) is 0 Å². The van der Waals surface area contributed by atoms with Crippen LogP contribution in [0.5, 0.6) is 5.75 Å². The number of rotatable bonds is 2. The minimum absolute atomic E-state index is 0.680. The Morgan fingerprint density at radius 1 is 1.14 bits per heavy atom. The van der Waals surface area contributed by atoms with Crippen LogP contribution in [0.1, 0.15) is 43.6 Å². The summed E-state index contributed by atoms with van der Waals surface area (Å²) >= 11 is 0. The van der Waals surface area contributed by atoms with Crippen LogP contribution in [0, 0.1) is 0 Å². The Balaban J connectivity index is 1.74. The van der Waals surface area contributed by atoms with Crippen molar-refractivity contribution in [3.8, 4) is 5.75 Å². The van der Waals surface area contributed by atoms with Gasteiger partial charge in [-0.1, -0.05) is 6.42 Å². The maximum atomic E-state index is 5.42. The smallest absolute Gasteiger partial charge is 0.119 e. The first-order chi connectivity index (χ1) is 10.4. The van der Waals surface area contributed by atoms with Crippen molar-refractivity contribution < 1.29 is 4.74 Å². The maximum absolute atomic E-state index is 5.42. The summed E-state index contributed by atoms with van der Waals surface area (Å²) in [5, 5.41) is 1.35. The zero-order valence-corrected chi connectivity index (χ0v) is 12.8. The molecule has 0 aliphatic carbocycles. The highest BCUT2D eigenvalue weighted by molar-refractivity contribution is 5.85. The summed E-state index contributed by atoms with van der Waals surface area (Å²) in [7, 11) is 1.75. The van der Waals surface area contributed by atoms with Gasteiger partial charge in [-0.05, 0) is 62.5 Å². The molecule has 2 aromatic rings. The highest BCUT2D eigenvalue weighted by Crippen LogP contribution is 2.40. The van der Waals surface area contributed by atoms with Gasteiger partial charge in [0, 0.05) is 29.1 Å². The van der Waals surface area contributed by atoms with E-state index < -0.39 is 0 Å². The van der Waals surface area contributed by atoms with E-state index in [0.29, 0.717) is 5.92 Å². The van der Waals surface area contributed by atoms with Gasteiger partial charge in [-0.15, -0.1) is 0 Å². The number of piperidine rings is 2. The third kappa shape index (κ3) is 2.24. The van der Waals surface area contributed by atoms with Crippen LogP contribution in [-0.4, -0.2) is 36.1 Å². The largest absolute Gasteiger partial charge is 0.497 e. The molecule has 3 heterocycles. The summed E-state index contributed by atoms with van der Waals surface area (Å²) in [5.41, 5.74) is 2.74. The number of hydrogen-bond acceptors (Lipinski definition) is 2. The molecule has 1 N–H and O–H groups in total. The van der Waals surface area contributed by atoms with Crippen molar-refractivity contribution in [2.24, 2.45) is 0 Å². The normalized spacial score (nSPS) is 26.7. The Hall–Kier alpha value is -1.48. The summed E-state index contributed by atoms with van der Waals surface area (Å²) < 4.78 is 5.42. The highest BCUT2D eigenvalue weighted by Gasteiger charge is 2.34. The first-order valence-corrected chi connectivity index (χ1v) is 8.26. The zero-order chi connectivity index (χ0) is 14.2. The predicted octanol–water partition coefficient (Wildman–Crippen LogP) is 3.91. The molecule has 2 atom stereocenters. The van der Waals surface area contributed by atoms with Crippen LogP contribution in [0.3, 0.4) is 0 Å². The van der Waals surface area contributed by atoms with Gasteiger partial charge in [0.25, 0.3) is 0 Å². The van der Waals surface area contributed by atoms with Crippen LogP contribution in [0.2, 0.25) is 0 Å². The molecular weight excluding hydrogens is 260 g/mol. The second-order valence-corrected chi connectivity index (χ2v) is 6.50. The lowest BCUT2D eigenvalue weighted by molar-refractivity contribution is 0.0898. The van der Waals surface area contributed by atoms with Crippen LogP contribution >= 0.6 is 0 Å². The molecule has 4 rings (SSSR count). The monoisotopic (exact) mass is 284 g/mol. The zero-order valence-electron chi connectivity index (χ0n) is 12.8. The molecule has 0 spiro atoms. The van der Waals surface area contributed by atoms with Gasteiger partial charge in [-0.25, -0.2) is 0 Å².